The van der Waals surface area contributed by atoms with Gasteiger partial charge in [0.25, 0.3) is 5.91 Å². The number of benzene rings is 2. The highest BCUT2D eigenvalue weighted by molar-refractivity contribution is 7.91. The molecule has 1 unspecified atom stereocenters. The highest BCUT2D eigenvalue weighted by Gasteiger charge is 2.28. The summed E-state index contributed by atoms with van der Waals surface area (Å²) < 4.78 is 24.7. The van der Waals surface area contributed by atoms with Gasteiger partial charge in [-0.3, -0.25) is 14.4 Å². The molecule has 12 heteroatoms. The van der Waals surface area contributed by atoms with Crippen LogP contribution in [-0.4, -0.2) is 80.2 Å². The van der Waals surface area contributed by atoms with E-state index in [0.717, 1.165) is 37.5 Å². The van der Waals surface area contributed by atoms with Gasteiger partial charge in [0.05, 0.1) is 18.2 Å². The number of aliphatic hydroxyl groups excluding tert-OH is 1. The largest absolute Gasteiger partial charge is 0.390 e. The van der Waals surface area contributed by atoms with Gasteiger partial charge in [0, 0.05) is 48.7 Å². The second kappa shape index (κ2) is 16.4. The average molecular weight is 656 g/mol. The standard InChI is InChI=1S/C34H49N5O6S/c1-4-31(46(3,44)45)36-27-19-25(20-28(21-27)39-17-11-16-32(39)41)34(43)38-29(18-24-12-7-5-8-13-24)30(40)22-35-23(2)33(42)37-26-14-9-6-10-15-26/h5,7-8,12-13,19-21,23,26,29-31,35-36,40H,4,6,9-11,14-18,22H2,1-3H3,(H,37,42)(H,38,43)/t23-,29-,30+,31?/m0/s1. The third-order valence-corrected chi connectivity index (χ3v) is 10.3. The molecule has 252 valence electrons. The zero-order chi connectivity index (χ0) is 33.3. The van der Waals surface area contributed by atoms with E-state index >= 15 is 0 Å². The number of amides is 3. The molecule has 1 saturated heterocycles. The molecule has 0 aromatic heterocycles. The molecule has 1 heterocycles. The highest BCUT2D eigenvalue weighted by atomic mass is 32.2. The fourth-order valence-corrected chi connectivity index (χ4v) is 7.06. The predicted molar refractivity (Wildman–Crippen MR) is 180 cm³/mol. The van der Waals surface area contributed by atoms with Crippen molar-refractivity contribution in [3.8, 4) is 0 Å². The Bertz CT molecular complexity index is 1450. The van der Waals surface area contributed by atoms with Crippen molar-refractivity contribution in [1.82, 2.24) is 16.0 Å². The molecule has 2 aromatic carbocycles. The van der Waals surface area contributed by atoms with Crippen LogP contribution in [0.5, 0.6) is 0 Å². The Morgan fingerprint density at radius 3 is 2.39 bits per heavy atom. The van der Waals surface area contributed by atoms with Gasteiger partial charge < -0.3 is 31.3 Å². The van der Waals surface area contributed by atoms with Crippen molar-refractivity contribution < 1.29 is 27.9 Å². The molecule has 2 aromatic rings. The van der Waals surface area contributed by atoms with E-state index in [1.165, 1.54) is 6.42 Å². The van der Waals surface area contributed by atoms with Gasteiger partial charge in [-0.25, -0.2) is 8.42 Å². The van der Waals surface area contributed by atoms with Gasteiger partial charge in [-0.15, -0.1) is 0 Å². The molecule has 46 heavy (non-hydrogen) atoms. The van der Waals surface area contributed by atoms with E-state index in [2.05, 4.69) is 21.3 Å². The second-order valence-corrected chi connectivity index (χ2v) is 14.8. The van der Waals surface area contributed by atoms with E-state index < -0.39 is 39.3 Å². The molecule has 1 saturated carbocycles. The first-order valence-corrected chi connectivity index (χ1v) is 18.4. The third-order valence-electron chi connectivity index (χ3n) is 8.84. The normalized spacial score (nSPS) is 18.4. The Morgan fingerprint density at radius 1 is 1.04 bits per heavy atom. The van der Waals surface area contributed by atoms with E-state index in [9.17, 15) is 27.9 Å². The molecule has 0 spiro atoms. The summed E-state index contributed by atoms with van der Waals surface area (Å²) in [6.07, 6.45) is 7.21. The first-order valence-electron chi connectivity index (χ1n) is 16.4. The van der Waals surface area contributed by atoms with E-state index in [0.29, 0.717) is 43.6 Å². The summed E-state index contributed by atoms with van der Waals surface area (Å²) in [5.74, 6) is -0.661. The highest BCUT2D eigenvalue weighted by Crippen LogP contribution is 2.28. The minimum absolute atomic E-state index is 0.0660. The topological polar surface area (TPSA) is 157 Å². The third kappa shape index (κ3) is 10.0. The summed E-state index contributed by atoms with van der Waals surface area (Å²) >= 11 is 0. The number of carbonyl (C=O) groups is 3. The van der Waals surface area contributed by atoms with Crippen molar-refractivity contribution in [3.05, 3.63) is 59.7 Å². The van der Waals surface area contributed by atoms with Crippen molar-refractivity contribution in [2.24, 2.45) is 0 Å². The number of nitrogens with zero attached hydrogens (tertiary/aromatic N) is 1. The molecule has 4 atom stereocenters. The lowest BCUT2D eigenvalue weighted by Crippen LogP contribution is -2.53. The molecule has 1 aliphatic heterocycles. The van der Waals surface area contributed by atoms with Gasteiger partial charge in [-0.2, -0.15) is 0 Å². The Kier molecular flexibility index (Phi) is 12.6. The quantitative estimate of drug-likeness (QED) is 0.196. The van der Waals surface area contributed by atoms with Crippen LogP contribution in [-0.2, 0) is 25.8 Å². The molecule has 4 rings (SSSR count). The SMILES string of the molecule is CCC(Nc1cc(C(=O)N[C@@H](Cc2ccccc2)[C@H](O)CN[C@@H](C)C(=O)NC2CCCCC2)cc(N2CCCC2=O)c1)S(C)(=O)=O. The number of sulfone groups is 1. The minimum Gasteiger partial charge on any atom is -0.390 e. The van der Waals surface area contributed by atoms with Crippen LogP contribution in [0.15, 0.2) is 48.5 Å². The van der Waals surface area contributed by atoms with Crippen molar-refractivity contribution in [2.75, 3.05) is 29.6 Å². The number of nitrogens with one attached hydrogen (secondary N) is 4. The van der Waals surface area contributed by atoms with Crippen LogP contribution >= 0.6 is 0 Å². The predicted octanol–water partition coefficient (Wildman–Crippen LogP) is 3.14. The lowest BCUT2D eigenvalue weighted by Gasteiger charge is -2.28. The lowest BCUT2D eigenvalue weighted by molar-refractivity contribution is -0.123. The van der Waals surface area contributed by atoms with E-state index in [4.69, 9.17) is 0 Å². The Morgan fingerprint density at radius 2 is 1.76 bits per heavy atom. The molecule has 5 N–H and O–H groups in total. The molecule has 2 aliphatic rings. The Hall–Kier alpha value is -3.48. The maximum Gasteiger partial charge on any atom is 0.251 e. The van der Waals surface area contributed by atoms with Gasteiger partial charge >= 0.3 is 0 Å². The zero-order valence-electron chi connectivity index (χ0n) is 27.1. The van der Waals surface area contributed by atoms with Gasteiger partial charge in [-0.05, 0) is 62.8 Å². The number of hydrogen-bond donors (Lipinski definition) is 5. The Balaban J connectivity index is 1.52. The molecule has 2 fully saturated rings. The lowest BCUT2D eigenvalue weighted by atomic mass is 9.95. The summed E-state index contributed by atoms with van der Waals surface area (Å²) in [5.41, 5.74) is 2.04. The summed E-state index contributed by atoms with van der Waals surface area (Å²) in [5, 5.41) is 22.7. The number of hydrogen-bond acceptors (Lipinski definition) is 8. The number of anilines is 2. The van der Waals surface area contributed by atoms with Crippen LogP contribution in [0.2, 0.25) is 0 Å². The summed E-state index contributed by atoms with van der Waals surface area (Å²) in [4.78, 5) is 40.8. The van der Waals surface area contributed by atoms with Crippen molar-refractivity contribution >= 4 is 38.9 Å². The second-order valence-electron chi connectivity index (χ2n) is 12.6. The maximum atomic E-state index is 13.8. The van der Waals surface area contributed by atoms with Crippen LogP contribution in [0.1, 0.15) is 81.1 Å². The first kappa shape index (κ1) is 35.4. The molecule has 11 nitrogen and oxygen atoms in total. The molecular formula is C34H49N5O6S. The van der Waals surface area contributed by atoms with Crippen LogP contribution < -0.4 is 26.2 Å². The monoisotopic (exact) mass is 655 g/mol. The van der Waals surface area contributed by atoms with Gasteiger partial charge in [-0.1, -0.05) is 56.5 Å². The number of carbonyl (C=O) groups excluding carboxylic acids is 3. The van der Waals surface area contributed by atoms with E-state index in [1.807, 2.05) is 30.3 Å². The van der Waals surface area contributed by atoms with Crippen molar-refractivity contribution in [3.63, 3.8) is 0 Å². The van der Waals surface area contributed by atoms with Crippen molar-refractivity contribution in [1.29, 1.82) is 0 Å². The first-order chi connectivity index (χ1) is 21.9. The summed E-state index contributed by atoms with van der Waals surface area (Å²) in [6, 6.07) is 13.3. The average Bonchev–Trinajstić information content (AvgIpc) is 3.47. The fraction of sp³-hybridized carbons (Fsp3) is 0.559. The molecule has 3 amide bonds. The smallest absolute Gasteiger partial charge is 0.251 e. The van der Waals surface area contributed by atoms with E-state index in [1.54, 1.807) is 36.9 Å². The van der Waals surface area contributed by atoms with Crippen LogP contribution in [0.3, 0.4) is 0 Å². The number of rotatable bonds is 15. The van der Waals surface area contributed by atoms with Crippen molar-refractivity contribution in [2.45, 2.75) is 101 Å². The molecular weight excluding hydrogens is 606 g/mol. The van der Waals surface area contributed by atoms with Gasteiger partial charge in [0.2, 0.25) is 11.8 Å². The van der Waals surface area contributed by atoms with Gasteiger partial charge in [0.15, 0.2) is 9.84 Å². The van der Waals surface area contributed by atoms with Crippen LogP contribution in [0, 0.1) is 0 Å². The minimum atomic E-state index is -3.44. The van der Waals surface area contributed by atoms with Crippen LogP contribution in [0.4, 0.5) is 11.4 Å². The van der Waals surface area contributed by atoms with Crippen LogP contribution in [0.25, 0.3) is 0 Å². The van der Waals surface area contributed by atoms with Gasteiger partial charge in [0.1, 0.15) is 5.37 Å². The van der Waals surface area contributed by atoms with E-state index in [-0.39, 0.29) is 30.0 Å². The zero-order valence-corrected chi connectivity index (χ0v) is 27.9. The maximum absolute atomic E-state index is 13.8. The Labute approximate surface area is 272 Å². The fourth-order valence-electron chi connectivity index (χ4n) is 6.11. The number of aliphatic hydroxyl groups is 1. The molecule has 1 aliphatic carbocycles. The summed E-state index contributed by atoms with van der Waals surface area (Å²) in [6.45, 7) is 4.08. The summed E-state index contributed by atoms with van der Waals surface area (Å²) in [7, 11) is -3.44. The molecule has 0 radical (unpaired) electrons. The molecule has 0 bridgehead atoms.